The Balaban J connectivity index is 2.65. The van der Waals surface area contributed by atoms with E-state index in [1.165, 1.54) is 16.3 Å². The zero-order chi connectivity index (χ0) is 20.6. The Hall–Kier alpha value is -2.80. The molecule has 0 fully saturated rings. The fourth-order valence-electron chi connectivity index (χ4n) is 4.53. The minimum absolute atomic E-state index is 0.105. The molecule has 0 aromatic heterocycles. The molecule has 0 radical (unpaired) electrons. The lowest BCUT2D eigenvalue weighted by atomic mass is 9.71. The van der Waals surface area contributed by atoms with Gasteiger partial charge in [-0.25, -0.2) is 10.8 Å². The van der Waals surface area contributed by atoms with Crippen LogP contribution < -0.4 is 0 Å². The van der Waals surface area contributed by atoms with Gasteiger partial charge in [0.15, 0.2) is 0 Å². The highest BCUT2D eigenvalue weighted by atomic mass is 14.8. The van der Waals surface area contributed by atoms with Crippen molar-refractivity contribution in [2.45, 2.75) is 53.4 Å². The second-order valence-electron chi connectivity index (χ2n) is 8.41. The first-order chi connectivity index (χ1) is 13.3. The van der Waals surface area contributed by atoms with Gasteiger partial charge in [-0.05, 0) is 51.3 Å². The van der Waals surface area contributed by atoms with Gasteiger partial charge in [0.25, 0.3) is 0 Å². The third-order valence-corrected chi connectivity index (χ3v) is 5.59. The monoisotopic (exact) mass is 372 g/mol. The van der Waals surface area contributed by atoms with Gasteiger partial charge in [-0.3, -0.25) is 0 Å². The van der Waals surface area contributed by atoms with Crippen LogP contribution in [0.3, 0.4) is 0 Å². The number of aliphatic imine (C=N–C) groups is 2. The first kappa shape index (κ1) is 19.9. The molecule has 0 heterocycles. The Morgan fingerprint density at radius 1 is 0.929 bits per heavy atom. The van der Waals surface area contributed by atoms with Crippen LogP contribution in [0.2, 0.25) is 0 Å². The minimum atomic E-state index is 0.105. The molecule has 1 aliphatic carbocycles. The molecule has 0 bridgehead atoms. The van der Waals surface area contributed by atoms with E-state index in [1.54, 1.807) is 0 Å². The topological polar surface area (TPSA) is 72.4 Å². The van der Waals surface area contributed by atoms with E-state index in [0.717, 1.165) is 28.1 Å². The predicted octanol–water partition coefficient (Wildman–Crippen LogP) is 7.22. The summed E-state index contributed by atoms with van der Waals surface area (Å²) in [7, 11) is 0. The Morgan fingerprint density at radius 3 is 2.14 bits per heavy atom. The van der Waals surface area contributed by atoms with E-state index in [1.807, 2.05) is 0 Å². The molecule has 0 spiro atoms. The third-order valence-electron chi connectivity index (χ3n) is 5.59. The third kappa shape index (κ3) is 3.05. The van der Waals surface area contributed by atoms with Gasteiger partial charge in [-0.2, -0.15) is 9.98 Å². The van der Waals surface area contributed by atoms with Gasteiger partial charge >= 0.3 is 0 Å². The van der Waals surface area contributed by atoms with Gasteiger partial charge in [0.2, 0.25) is 0 Å². The maximum atomic E-state index is 7.56. The van der Waals surface area contributed by atoms with Crippen molar-refractivity contribution < 1.29 is 0 Å². The molecule has 1 atom stereocenters. The van der Waals surface area contributed by atoms with Crippen molar-refractivity contribution in [3.05, 3.63) is 46.7 Å². The molecule has 28 heavy (non-hydrogen) atoms. The quantitative estimate of drug-likeness (QED) is 0.520. The maximum absolute atomic E-state index is 7.56. The van der Waals surface area contributed by atoms with Crippen LogP contribution in [0.1, 0.15) is 70.1 Å². The molecular formula is C24H28N4. The Bertz CT molecular complexity index is 1060. The lowest BCUT2D eigenvalue weighted by molar-refractivity contribution is 0.550. The molecule has 1 unspecified atom stereocenters. The number of allylic oxidation sites excluding steroid dienone is 2. The number of nitrogens with one attached hydrogen (secondary N) is 2. The molecule has 2 aromatic rings. The van der Waals surface area contributed by atoms with Crippen molar-refractivity contribution in [1.82, 2.24) is 0 Å². The molecule has 3 rings (SSSR count). The lowest BCUT2D eigenvalue weighted by Crippen LogP contribution is -2.18. The average molecular weight is 373 g/mol. The summed E-state index contributed by atoms with van der Waals surface area (Å²) >= 11 is 0. The van der Waals surface area contributed by atoms with Crippen LogP contribution in [0.25, 0.3) is 16.3 Å². The summed E-state index contributed by atoms with van der Waals surface area (Å²) in [5.74, 6) is 0.904. The van der Waals surface area contributed by atoms with E-state index < -0.39 is 0 Å². The van der Waals surface area contributed by atoms with Crippen LogP contribution in [0.15, 0.2) is 39.9 Å². The van der Waals surface area contributed by atoms with Gasteiger partial charge in [0.05, 0.1) is 23.4 Å². The van der Waals surface area contributed by atoms with E-state index >= 15 is 0 Å². The summed E-state index contributed by atoms with van der Waals surface area (Å²) in [4.78, 5) is 8.83. The first-order valence-corrected chi connectivity index (χ1v) is 9.92. The number of hydrogen-bond acceptors (Lipinski definition) is 4. The van der Waals surface area contributed by atoms with Crippen molar-refractivity contribution in [3.63, 3.8) is 0 Å². The van der Waals surface area contributed by atoms with E-state index in [-0.39, 0.29) is 17.8 Å². The first-order valence-electron chi connectivity index (χ1n) is 9.92. The number of rotatable bonds is 5. The molecule has 144 valence electrons. The van der Waals surface area contributed by atoms with E-state index in [9.17, 15) is 0 Å². The second kappa shape index (κ2) is 7.67. The SMILES string of the molecule is CC(C)C1=C(N=C=N)C(C(C)C)c2cccc3cc(C(C)C)c(N=C=N)c1c23. The highest BCUT2D eigenvalue weighted by Crippen LogP contribution is 2.53. The molecule has 0 aliphatic heterocycles. The molecule has 4 nitrogen and oxygen atoms in total. The summed E-state index contributed by atoms with van der Waals surface area (Å²) in [5, 5.41) is 17.5. The van der Waals surface area contributed by atoms with Gasteiger partial charge < -0.3 is 0 Å². The molecule has 2 N–H and O–H groups in total. The Kier molecular flexibility index (Phi) is 5.47. The summed E-state index contributed by atoms with van der Waals surface area (Å²) in [5.41, 5.74) is 6.21. The maximum Gasteiger partial charge on any atom is 0.0918 e. The number of hydrogen-bond donors (Lipinski definition) is 2. The van der Waals surface area contributed by atoms with Crippen LogP contribution in [-0.4, -0.2) is 12.0 Å². The normalized spacial score (nSPS) is 16.0. The predicted molar refractivity (Wildman–Crippen MR) is 117 cm³/mol. The van der Waals surface area contributed by atoms with E-state index in [0.29, 0.717) is 5.92 Å². The zero-order valence-electron chi connectivity index (χ0n) is 17.5. The highest BCUT2D eigenvalue weighted by molar-refractivity contribution is 6.05. The summed E-state index contributed by atoms with van der Waals surface area (Å²) < 4.78 is 0. The molecular weight excluding hydrogens is 344 g/mol. The van der Waals surface area contributed by atoms with Gasteiger partial charge in [-0.1, -0.05) is 59.7 Å². The van der Waals surface area contributed by atoms with Crippen molar-refractivity contribution in [2.75, 3.05) is 0 Å². The number of nitrogens with zero attached hydrogens (tertiary/aromatic N) is 2. The van der Waals surface area contributed by atoms with E-state index in [4.69, 9.17) is 10.8 Å². The van der Waals surface area contributed by atoms with Crippen LogP contribution in [0.5, 0.6) is 0 Å². The number of benzene rings is 2. The minimum Gasteiger partial charge on any atom is -0.241 e. The Labute approximate surface area is 167 Å². The van der Waals surface area contributed by atoms with Crippen LogP contribution in [-0.2, 0) is 0 Å². The largest absolute Gasteiger partial charge is 0.241 e. The molecule has 0 saturated carbocycles. The molecule has 0 amide bonds. The lowest BCUT2D eigenvalue weighted by Gasteiger charge is -2.34. The van der Waals surface area contributed by atoms with Gasteiger partial charge in [-0.15, -0.1) is 0 Å². The van der Waals surface area contributed by atoms with Crippen molar-refractivity contribution in [1.29, 1.82) is 10.8 Å². The zero-order valence-corrected chi connectivity index (χ0v) is 17.5. The van der Waals surface area contributed by atoms with Crippen LogP contribution in [0, 0.1) is 22.7 Å². The van der Waals surface area contributed by atoms with Crippen molar-refractivity contribution >= 4 is 34.0 Å². The fourth-order valence-corrected chi connectivity index (χ4v) is 4.53. The molecule has 0 saturated heterocycles. The summed E-state index contributed by atoms with van der Waals surface area (Å²) in [6, 6.07) is 13.2. The molecule has 2 aromatic carbocycles. The molecule has 1 aliphatic rings. The molecule has 4 heteroatoms. The highest BCUT2D eigenvalue weighted by Gasteiger charge is 2.35. The van der Waals surface area contributed by atoms with E-state index in [2.05, 4.69) is 87.8 Å². The summed E-state index contributed by atoms with van der Waals surface area (Å²) in [6.45, 7) is 13.0. The summed E-state index contributed by atoms with van der Waals surface area (Å²) in [6.07, 6.45) is 0. The van der Waals surface area contributed by atoms with Crippen molar-refractivity contribution in [3.8, 4) is 0 Å². The van der Waals surface area contributed by atoms with Gasteiger partial charge in [0, 0.05) is 11.5 Å². The standard InChI is InChI=1S/C24H28N4/c1-13(2)18-10-16-8-7-9-17-19(14(3)4)24(28-12-26)20(15(5)6)22(21(16)17)23(18)27-11-25/h7-10,13-15,19,25-26H,1-6H3. The average Bonchev–Trinajstić information content (AvgIpc) is 2.63. The smallest absolute Gasteiger partial charge is 0.0918 e. The van der Waals surface area contributed by atoms with Crippen LogP contribution in [0.4, 0.5) is 5.69 Å². The van der Waals surface area contributed by atoms with Gasteiger partial charge in [0.1, 0.15) is 0 Å². The van der Waals surface area contributed by atoms with Crippen LogP contribution >= 0.6 is 0 Å². The van der Waals surface area contributed by atoms with Crippen molar-refractivity contribution in [2.24, 2.45) is 21.8 Å². The Morgan fingerprint density at radius 2 is 1.61 bits per heavy atom. The second-order valence-corrected chi connectivity index (χ2v) is 8.41. The fraction of sp³-hybridized carbons (Fsp3) is 0.417.